The largest absolute Gasteiger partial charge is 0.490 e. The number of rotatable bonds is 16. The molecule has 37 heteroatoms. The molecular weight excluding hydrogens is 887 g/mol. The molecule has 7 unspecified atom stereocenters. The number of phosphoric ester groups is 2. The van der Waals surface area contributed by atoms with Gasteiger partial charge in [-0.15, -0.1) is 0 Å². The number of ether oxygens (including phenoxy) is 2. The van der Waals surface area contributed by atoms with Crippen molar-refractivity contribution in [3.8, 4) is 0 Å². The molecule has 0 amide bonds. The van der Waals surface area contributed by atoms with E-state index in [1.807, 2.05) is 0 Å². The van der Waals surface area contributed by atoms with Crippen LogP contribution in [0.3, 0.4) is 0 Å². The zero-order valence-electron chi connectivity index (χ0n) is 27.6. The monoisotopic (exact) mass is 916 g/mol. The molecule has 0 radical (unpaired) electrons. The second-order valence-electron chi connectivity index (χ2n) is 11.5. The summed E-state index contributed by atoms with van der Waals surface area (Å²) >= 11 is 0. The van der Waals surface area contributed by atoms with Crippen molar-refractivity contribution in [1.29, 1.82) is 0 Å². The highest BCUT2D eigenvalue weighted by Crippen LogP contribution is 2.73. The van der Waals surface area contributed by atoms with Gasteiger partial charge < -0.3 is 65.8 Å². The number of aliphatic hydroxyl groups is 4. The molecular formula is C20H29N10O22P5. The van der Waals surface area contributed by atoms with Gasteiger partial charge in [-0.05, 0) is 0 Å². The maximum Gasteiger partial charge on any atom is 0.490 e. The lowest BCUT2D eigenvalue weighted by Crippen LogP contribution is -2.33. The van der Waals surface area contributed by atoms with Crippen molar-refractivity contribution in [3.63, 3.8) is 0 Å². The minimum Gasteiger partial charge on any atom is -0.387 e. The minimum atomic E-state index is -6.45. The molecule has 6 rings (SSSR count). The third-order valence-electron chi connectivity index (χ3n) is 7.63. The number of nitrogen functional groups attached to an aromatic ring is 2. The zero-order chi connectivity index (χ0) is 41.9. The maximum absolute atomic E-state index is 12.4. The molecule has 2 aliphatic heterocycles. The highest BCUT2D eigenvalue weighted by atomic mass is 31.3. The lowest BCUT2D eigenvalue weighted by Gasteiger charge is -2.21. The van der Waals surface area contributed by atoms with Crippen LogP contribution in [0.4, 0.5) is 11.6 Å². The molecule has 0 aliphatic carbocycles. The van der Waals surface area contributed by atoms with Gasteiger partial charge in [-0.3, -0.25) is 18.2 Å². The predicted molar refractivity (Wildman–Crippen MR) is 177 cm³/mol. The van der Waals surface area contributed by atoms with Gasteiger partial charge in [-0.2, -0.15) is 17.2 Å². The number of nitrogens with zero attached hydrogens (tertiary/aromatic N) is 8. The van der Waals surface area contributed by atoms with Gasteiger partial charge in [0.1, 0.15) is 60.3 Å². The third kappa shape index (κ3) is 9.80. The molecule has 0 aromatic carbocycles. The van der Waals surface area contributed by atoms with Gasteiger partial charge in [0.2, 0.25) is 0 Å². The van der Waals surface area contributed by atoms with E-state index in [0.717, 1.165) is 34.4 Å². The predicted octanol–water partition coefficient (Wildman–Crippen LogP) is -2.33. The second-order valence-corrected chi connectivity index (χ2v) is 19.3. The fourth-order valence-corrected chi connectivity index (χ4v) is 11.6. The van der Waals surface area contributed by atoms with Gasteiger partial charge in [0.15, 0.2) is 35.4 Å². The Kier molecular flexibility index (Phi) is 12.3. The summed E-state index contributed by atoms with van der Waals surface area (Å²) in [5, 5.41) is 41.8. The average Bonchev–Trinajstić information content (AvgIpc) is 3.83. The first-order valence-corrected chi connectivity index (χ1v) is 22.5. The van der Waals surface area contributed by atoms with Crippen LogP contribution in [0.1, 0.15) is 12.5 Å². The Morgan fingerprint density at radius 1 is 0.544 bits per heavy atom. The average molecular weight is 916 g/mol. The van der Waals surface area contributed by atoms with Crippen LogP contribution < -0.4 is 11.5 Å². The molecule has 0 bridgehead atoms. The normalized spacial score (nSPS) is 30.8. The molecule has 2 aliphatic rings. The first-order chi connectivity index (χ1) is 26.4. The number of imidazole rings is 2. The molecule has 57 heavy (non-hydrogen) atoms. The number of nitrogens with two attached hydrogens (primary N) is 2. The number of fused-ring (bicyclic) bond motifs is 2. The summed E-state index contributed by atoms with van der Waals surface area (Å²) in [5.41, 5.74) is 11.7. The topological polar surface area (TPSA) is 481 Å². The van der Waals surface area contributed by atoms with Crippen LogP contribution in [0, 0.1) is 0 Å². The van der Waals surface area contributed by atoms with Crippen LogP contribution in [-0.4, -0.2) is 134 Å². The lowest BCUT2D eigenvalue weighted by atomic mass is 10.1. The van der Waals surface area contributed by atoms with Gasteiger partial charge in [0.25, 0.3) is 0 Å². The van der Waals surface area contributed by atoms with Crippen LogP contribution in [0.2, 0.25) is 0 Å². The number of phosphoric acid groups is 5. The van der Waals surface area contributed by atoms with E-state index >= 15 is 0 Å². The van der Waals surface area contributed by atoms with Crippen LogP contribution >= 0.6 is 39.1 Å². The van der Waals surface area contributed by atoms with Crippen molar-refractivity contribution < 1.29 is 103 Å². The van der Waals surface area contributed by atoms with Crippen molar-refractivity contribution in [3.05, 3.63) is 25.3 Å². The molecule has 0 saturated carbocycles. The van der Waals surface area contributed by atoms with E-state index in [4.69, 9.17) is 20.9 Å². The molecule has 6 heterocycles. The number of hydrogen-bond acceptors (Lipinski definition) is 25. The zero-order valence-corrected chi connectivity index (χ0v) is 32.1. The smallest absolute Gasteiger partial charge is 0.387 e. The molecule has 4 aromatic rings. The molecule has 2 fully saturated rings. The van der Waals surface area contributed by atoms with Crippen LogP contribution in [-0.2, 0) is 58.6 Å². The maximum atomic E-state index is 12.4. The lowest BCUT2D eigenvalue weighted by molar-refractivity contribution is -0.0503. The fourth-order valence-electron chi connectivity index (χ4n) is 5.25. The summed E-state index contributed by atoms with van der Waals surface area (Å²) < 4.78 is 98.9. The first kappa shape index (κ1) is 43.7. The molecule has 0 spiro atoms. The van der Waals surface area contributed by atoms with Crippen molar-refractivity contribution in [1.82, 2.24) is 39.0 Å². The van der Waals surface area contributed by atoms with Gasteiger partial charge >= 0.3 is 39.1 Å². The summed E-state index contributed by atoms with van der Waals surface area (Å²) in [6.45, 7) is -2.34. The Bertz CT molecular complexity index is 2230. The van der Waals surface area contributed by atoms with E-state index < -0.39 is 101 Å². The summed E-state index contributed by atoms with van der Waals surface area (Å²) in [7, 11) is -30.8. The fraction of sp³-hybridized carbons (Fsp3) is 0.500. The Balaban J connectivity index is 1.00. The number of anilines is 2. The van der Waals surface area contributed by atoms with Crippen LogP contribution in [0.5, 0.6) is 0 Å². The summed E-state index contributed by atoms with van der Waals surface area (Å²) in [6.07, 6.45) is -9.04. The van der Waals surface area contributed by atoms with Gasteiger partial charge in [0, 0.05) is 0 Å². The minimum absolute atomic E-state index is 0.0385. The van der Waals surface area contributed by atoms with Gasteiger partial charge in [-0.25, -0.2) is 52.7 Å². The Morgan fingerprint density at radius 3 is 1.23 bits per heavy atom. The molecule has 32 nitrogen and oxygen atoms in total. The van der Waals surface area contributed by atoms with E-state index in [0.29, 0.717) is 0 Å². The number of aliphatic hydroxyl groups excluding tert-OH is 4. The Labute approximate surface area is 314 Å². The quantitative estimate of drug-likeness (QED) is 0.0525. The second kappa shape index (κ2) is 16.0. The molecule has 13 atom stereocenters. The first-order valence-electron chi connectivity index (χ1n) is 15.1. The van der Waals surface area contributed by atoms with E-state index in [1.165, 1.54) is 0 Å². The number of aromatic nitrogens is 8. The molecule has 316 valence electrons. The van der Waals surface area contributed by atoms with Crippen molar-refractivity contribution >= 4 is 73.1 Å². The van der Waals surface area contributed by atoms with Crippen molar-refractivity contribution in [2.45, 2.75) is 49.1 Å². The van der Waals surface area contributed by atoms with E-state index in [9.17, 15) is 67.7 Å². The number of hydrogen-bond donors (Lipinski definition) is 11. The Morgan fingerprint density at radius 2 is 0.877 bits per heavy atom. The highest BCUT2D eigenvalue weighted by Gasteiger charge is 2.51. The SMILES string of the molecule is Nc1ncnc2c1ncn2C1O[C@H](COP(=O)(O)OP(=O)(O)OP(=O)(O)OP(=O)(O)OP(=O)(O)OCC2O[C@@H](n3cnc4c(N)ncnc43)[C@H](O)[C@@H]2O)[C@@H](O)[C@H]1O. The molecule has 13 N–H and O–H groups in total. The van der Waals surface area contributed by atoms with Gasteiger partial charge in [0.05, 0.1) is 25.9 Å². The highest BCUT2D eigenvalue weighted by molar-refractivity contribution is 7.71. The summed E-state index contributed by atoms with van der Waals surface area (Å²) in [6, 6.07) is 0. The third-order valence-corrected chi connectivity index (χ3v) is 15.2. The molecule has 4 aromatic heterocycles. The van der Waals surface area contributed by atoms with Crippen molar-refractivity contribution in [2.24, 2.45) is 0 Å². The summed E-state index contributed by atoms with van der Waals surface area (Å²) in [4.78, 5) is 72.6. The Hall–Kier alpha value is -2.83. The standard InChI is InChI=1S/C20H29N10O22P5/c21-15-9-17(25-3-23-15)29(5-27-9)19-13(33)11(31)7(47-19)1-45-53(35,36)49-55(39,40)51-57(43,44)52-56(41,42)50-54(37,38)46-2-8-12(32)14(34)20(48-8)30-6-28-10-16(22)24-4-26-18(10)30/h3-8,11-14,19-20,31-34H,1-2H2,(H,35,36)(H,37,38)(H,39,40)(H,41,42)(H,43,44)(H2,21,23,25)(H2,22,24,26)/t7-,8?,11-,12-,13-,14-,19?,20-/m1/s1. The van der Waals surface area contributed by atoms with Gasteiger partial charge in [-0.1, -0.05) is 0 Å². The van der Waals surface area contributed by atoms with Crippen LogP contribution in [0.25, 0.3) is 22.3 Å². The van der Waals surface area contributed by atoms with E-state index in [1.54, 1.807) is 0 Å². The molecule has 2 saturated heterocycles. The van der Waals surface area contributed by atoms with Crippen molar-refractivity contribution in [2.75, 3.05) is 24.7 Å². The van der Waals surface area contributed by atoms with E-state index in [2.05, 4.69) is 56.2 Å². The summed E-state index contributed by atoms with van der Waals surface area (Å²) in [5.74, 6) is -0.0770. The van der Waals surface area contributed by atoms with Crippen LogP contribution in [0.15, 0.2) is 25.3 Å². The van der Waals surface area contributed by atoms with E-state index in [-0.39, 0.29) is 34.0 Å².